The van der Waals surface area contributed by atoms with Crippen LogP contribution in [-0.2, 0) is 17.1 Å². The minimum Gasteiger partial charge on any atom is -0.870 e. The zero-order chi connectivity index (χ0) is 14.4. The van der Waals surface area contributed by atoms with Crippen LogP contribution in [0.4, 0.5) is 0 Å². The molecular weight excluding hydrogens is 329 g/mol. The van der Waals surface area contributed by atoms with Crippen LogP contribution in [0.25, 0.3) is 0 Å². The molecule has 0 unspecified atom stereocenters. The van der Waals surface area contributed by atoms with Crippen LogP contribution in [-0.4, -0.2) is 29.7 Å². The summed E-state index contributed by atoms with van der Waals surface area (Å²) in [6.07, 6.45) is 4.21. The van der Waals surface area contributed by atoms with Crippen molar-refractivity contribution in [1.29, 1.82) is 0 Å². The fraction of sp³-hybridized carbons (Fsp3) is 0.0714. The van der Waals surface area contributed by atoms with Crippen molar-refractivity contribution >= 4 is 12.1 Å². The number of benzene rings is 1. The van der Waals surface area contributed by atoms with E-state index < -0.39 is 5.90 Å². The van der Waals surface area contributed by atoms with Gasteiger partial charge in [-0.2, -0.15) is 10.2 Å². The molecule has 7 nitrogen and oxygen atoms in total. The molecule has 0 fully saturated rings. The maximum absolute atomic E-state index is 11.8. The van der Waals surface area contributed by atoms with Gasteiger partial charge in [0, 0.05) is 18.3 Å². The third kappa shape index (κ3) is 4.85. The third-order valence-corrected chi connectivity index (χ3v) is 2.50. The van der Waals surface area contributed by atoms with Gasteiger partial charge < -0.3 is 20.4 Å². The molecule has 2 aromatic rings. The predicted molar refractivity (Wildman–Crippen MR) is 74.4 cm³/mol. The molecule has 2 rings (SSSR count). The molecule has 0 aliphatic carbocycles. The maximum atomic E-state index is 11.8. The van der Waals surface area contributed by atoms with Crippen molar-refractivity contribution in [3.63, 3.8) is 0 Å². The summed E-state index contributed by atoms with van der Waals surface area (Å²) >= 11 is 0. The van der Waals surface area contributed by atoms with Crippen LogP contribution in [0.3, 0.4) is 0 Å². The summed E-state index contributed by atoms with van der Waals surface area (Å²) < 4.78 is 4.90. The Morgan fingerprint density at radius 1 is 1.23 bits per heavy atom. The standard InChI is InChI=1S/C14H13N3O3.Mn.H2O/c1-20-12-4-2-3-11(13(12)18)9-16-17-14(19)10-5-7-15-8-6-10;;/h2-9,18H,1H3,(H,17,19);;1H2/q;+2;/p-2. The Balaban J connectivity index is 0.00000220. The summed E-state index contributed by atoms with van der Waals surface area (Å²) in [5.41, 5.74) is 0.681. The fourth-order valence-electron chi connectivity index (χ4n) is 1.49. The van der Waals surface area contributed by atoms with E-state index in [9.17, 15) is 10.2 Å². The van der Waals surface area contributed by atoms with E-state index in [0.29, 0.717) is 11.1 Å². The number of para-hydroxylation sites is 1. The van der Waals surface area contributed by atoms with E-state index >= 15 is 0 Å². The predicted octanol–water partition coefficient (Wildman–Crippen LogP) is -0.522. The van der Waals surface area contributed by atoms with Crippen molar-refractivity contribution in [2.75, 3.05) is 7.11 Å². The largest absolute Gasteiger partial charge is 2.00 e. The molecule has 1 aromatic carbocycles. The van der Waals surface area contributed by atoms with Gasteiger partial charge in [0.15, 0.2) is 0 Å². The first-order valence-electron chi connectivity index (χ1n) is 5.75. The summed E-state index contributed by atoms with van der Waals surface area (Å²) in [6, 6.07) is 7.85. The van der Waals surface area contributed by atoms with E-state index in [-0.39, 0.29) is 34.0 Å². The van der Waals surface area contributed by atoms with Gasteiger partial charge in [0.05, 0.1) is 13.3 Å². The summed E-state index contributed by atoms with van der Waals surface area (Å²) in [7, 11) is 1.41. The Labute approximate surface area is 137 Å². The molecule has 0 aliphatic heterocycles. The molecular formula is C14H13MnN3O4. The number of methoxy groups -OCH3 is 1. The minimum atomic E-state index is -0.501. The van der Waals surface area contributed by atoms with Crippen LogP contribution in [0.1, 0.15) is 11.1 Å². The molecule has 0 aliphatic rings. The minimum absolute atomic E-state index is 0. The second kappa shape index (κ2) is 9.51. The van der Waals surface area contributed by atoms with Crippen LogP contribution in [0, 0.1) is 0 Å². The molecule has 0 amide bonds. The Morgan fingerprint density at radius 2 is 1.91 bits per heavy atom. The molecule has 0 spiro atoms. The van der Waals surface area contributed by atoms with Crippen molar-refractivity contribution in [3.05, 3.63) is 53.9 Å². The van der Waals surface area contributed by atoms with E-state index in [1.54, 1.807) is 18.2 Å². The number of nitrogens with zero attached hydrogens (tertiary/aromatic N) is 3. The summed E-state index contributed by atoms with van der Waals surface area (Å²) in [5, 5.41) is 30.6. The molecule has 1 heterocycles. The van der Waals surface area contributed by atoms with Gasteiger partial charge in [-0.25, -0.2) is 0 Å². The molecule has 115 valence electrons. The van der Waals surface area contributed by atoms with Crippen LogP contribution in [0.5, 0.6) is 11.5 Å². The average Bonchev–Trinajstić information content (AvgIpc) is 2.49. The number of hydrogen-bond donors (Lipinski definition) is 0. The van der Waals surface area contributed by atoms with E-state index in [1.165, 1.54) is 37.9 Å². The number of hydrogen-bond acceptors (Lipinski definition) is 6. The van der Waals surface area contributed by atoms with Gasteiger partial charge in [0.1, 0.15) is 5.75 Å². The van der Waals surface area contributed by atoms with Gasteiger partial charge in [-0.15, -0.1) is 0 Å². The van der Waals surface area contributed by atoms with Gasteiger partial charge in [0.2, 0.25) is 0 Å². The first kappa shape index (κ1) is 19.6. The van der Waals surface area contributed by atoms with Gasteiger partial charge in [0.25, 0.3) is 0 Å². The van der Waals surface area contributed by atoms with Gasteiger partial charge >= 0.3 is 17.1 Å². The van der Waals surface area contributed by atoms with Crippen LogP contribution >= 0.6 is 0 Å². The molecule has 0 bridgehead atoms. The van der Waals surface area contributed by atoms with Crippen molar-refractivity contribution in [2.45, 2.75) is 0 Å². The number of pyridine rings is 1. The van der Waals surface area contributed by atoms with Crippen molar-refractivity contribution < 1.29 is 37.5 Å². The van der Waals surface area contributed by atoms with Gasteiger partial charge in [-0.05, 0) is 29.3 Å². The first-order chi connectivity index (χ1) is 9.72. The summed E-state index contributed by atoms with van der Waals surface area (Å²) in [6.45, 7) is 0. The molecule has 22 heavy (non-hydrogen) atoms. The molecule has 0 saturated heterocycles. The van der Waals surface area contributed by atoms with E-state index in [0.717, 1.165) is 0 Å². The summed E-state index contributed by atoms with van der Waals surface area (Å²) in [4.78, 5) is 3.80. The number of aromatic nitrogens is 1. The van der Waals surface area contributed by atoms with Crippen LogP contribution < -0.4 is 14.9 Å². The molecule has 2 N–H and O–H groups in total. The SMILES string of the molecule is COc1cccc(C=N/N=C(\[O-])c2ccncc2)c1[O-].O.[Mn+2]. The summed E-state index contributed by atoms with van der Waals surface area (Å²) in [5.74, 6) is -0.585. The Kier molecular flexibility index (Phi) is 8.47. The smallest absolute Gasteiger partial charge is 0.870 e. The molecule has 8 heteroatoms. The maximum Gasteiger partial charge on any atom is 2.00 e. The van der Waals surface area contributed by atoms with E-state index in [2.05, 4.69) is 15.2 Å². The molecule has 0 atom stereocenters. The Morgan fingerprint density at radius 3 is 2.55 bits per heavy atom. The zero-order valence-corrected chi connectivity index (χ0v) is 12.7. The Hall–Kier alpha value is -2.41. The molecule has 1 radical (unpaired) electrons. The van der Waals surface area contributed by atoms with Crippen LogP contribution in [0.15, 0.2) is 52.9 Å². The van der Waals surface area contributed by atoms with Crippen molar-refractivity contribution in [3.8, 4) is 11.5 Å². The average molecular weight is 342 g/mol. The van der Waals surface area contributed by atoms with Crippen LogP contribution in [0.2, 0.25) is 0 Å². The van der Waals surface area contributed by atoms with Crippen molar-refractivity contribution in [2.24, 2.45) is 10.2 Å². The van der Waals surface area contributed by atoms with E-state index in [4.69, 9.17) is 4.74 Å². The van der Waals surface area contributed by atoms with Gasteiger partial charge in [-0.3, -0.25) is 4.98 Å². The van der Waals surface area contributed by atoms with Gasteiger partial charge in [-0.1, -0.05) is 17.9 Å². The monoisotopic (exact) mass is 342 g/mol. The fourth-order valence-corrected chi connectivity index (χ4v) is 1.49. The van der Waals surface area contributed by atoms with E-state index in [1.807, 2.05) is 0 Å². The topological polar surface area (TPSA) is 124 Å². The number of rotatable bonds is 4. The quantitative estimate of drug-likeness (QED) is 0.321. The molecule has 0 saturated carbocycles. The Bertz CT molecular complexity index is 648. The normalized spacial score (nSPS) is 10.7. The first-order valence-corrected chi connectivity index (χ1v) is 5.75. The third-order valence-electron chi connectivity index (χ3n) is 2.50. The zero-order valence-electron chi connectivity index (χ0n) is 11.6. The number of ether oxygens (including phenoxy) is 1. The molecule has 1 aromatic heterocycles. The second-order valence-corrected chi connectivity index (χ2v) is 3.76. The van der Waals surface area contributed by atoms with Crippen molar-refractivity contribution in [1.82, 2.24) is 4.98 Å². The second-order valence-electron chi connectivity index (χ2n) is 3.76.